The minimum Gasteiger partial charge on any atom is -0.347 e. The van der Waals surface area contributed by atoms with E-state index in [0.717, 1.165) is 30.2 Å². The van der Waals surface area contributed by atoms with Crippen molar-refractivity contribution in [2.24, 2.45) is 17.8 Å². The van der Waals surface area contributed by atoms with Crippen LogP contribution in [0.4, 0.5) is 5.95 Å². The second-order valence-corrected chi connectivity index (χ2v) is 7.84. The van der Waals surface area contributed by atoms with E-state index in [1.165, 1.54) is 44.1 Å². The Balaban J connectivity index is 1.42. The summed E-state index contributed by atoms with van der Waals surface area (Å²) in [6.45, 7) is 0.917. The maximum Gasteiger partial charge on any atom is 0.224 e. The molecule has 114 valence electrons. The van der Waals surface area contributed by atoms with Gasteiger partial charge in [-0.3, -0.25) is 0 Å². The Morgan fingerprint density at radius 2 is 1.57 bits per heavy atom. The molecule has 4 aliphatic carbocycles. The molecular weight excluding hydrogens is 260 g/mol. The molecule has 0 saturated heterocycles. The first kappa shape index (κ1) is 13.5. The number of hydrogen-bond donors (Lipinski definition) is 1. The van der Waals surface area contributed by atoms with Crippen molar-refractivity contribution in [2.45, 2.75) is 50.6 Å². The summed E-state index contributed by atoms with van der Waals surface area (Å²) in [6.07, 6.45) is 12.6. The lowest BCUT2D eigenvalue weighted by molar-refractivity contribution is -0.0206. The zero-order valence-corrected chi connectivity index (χ0v) is 13.2. The predicted octanol–water partition coefficient (Wildman–Crippen LogP) is 2.60. The highest BCUT2D eigenvalue weighted by molar-refractivity contribution is 5.26. The average molecular weight is 286 g/mol. The number of nitrogens with one attached hydrogen (secondary N) is 1. The van der Waals surface area contributed by atoms with Crippen molar-refractivity contribution in [3.8, 4) is 0 Å². The van der Waals surface area contributed by atoms with Gasteiger partial charge in [-0.1, -0.05) is 0 Å². The molecule has 1 aromatic heterocycles. The predicted molar refractivity (Wildman–Crippen MR) is 84.1 cm³/mol. The van der Waals surface area contributed by atoms with Crippen LogP contribution < -0.4 is 10.2 Å². The SMILES string of the molecule is CN(C)c1ncc(CNC23CC4CC(CC(C4)C2)C3)cn1. The molecule has 4 bridgehead atoms. The zero-order chi connectivity index (χ0) is 14.4. The maximum absolute atomic E-state index is 4.42. The van der Waals surface area contributed by atoms with Gasteiger partial charge in [-0.2, -0.15) is 0 Å². The number of hydrogen-bond acceptors (Lipinski definition) is 4. The minimum atomic E-state index is 0.426. The quantitative estimate of drug-likeness (QED) is 0.924. The van der Waals surface area contributed by atoms with Gasteiger partial charge in [0, 0.05) is 44.1 Å². The van der Waals surface area contributed by atoms with Gasteiger partial charge in [0.25, 0.3) is 0 Å². The normalized spacial score (nSPS) is 37.0. The van der Waals surface area contributed by atoms with Crippen LogP contribution in [0.2, 0.25) is 0 Å². The Bertz CT molecular complexity index is 473. The van der Waals surface area contributed by atoms with E-state index in [0.29, 0.717) is 5.54 Å². The van der Waals surface area contributed by atoms with Crippen molar-refractivity contribution in [1.29, 1.82) is 0 Å². The van der Waals surface area contributed by atoms with Crippen LogP contribution >= 0.6 is 0 Å². The van der Waals surface area contributed by atoms with Gasteiger partial charge in [0.1, 0.15) is 0 Å². The van der Waals surface area contributed by atoms with Gasteiger partial charge in [-0.15, -0.1) is 0 Å². The van der Waals surface area contributed by atoms with Gasteiger partial charge in [0.2, 0.25) is 5.95 Å². The molecule has 1 N–H and O–H groups in total. The zero-order valence-electron chi connectivity index (χ0n) is 13.2. The molecule has 0 atom stereocenters. The first-order valence-electron chi connectivity index (χ1n) is 8.35. The largest absolute Gasteiger partial charge is 0.347 e. The molecule has 4 nitrogen and oxygen atoms in total. The molecule has 0 radical (unpaired) electrons. The first-order valence-corrected chi connectivity index (χ1v) is 8.35. The lowest BCUT2D eigenvalue weighted by atomic mass is 9.53. The fourth-order valence-corrected chi connectivity index (χ4v) is 5.29. The second-order valence-electron chi connectivity index (χ2n) is 7.84. The second kappa shape index (κ2) is 4.94. The van der Waals surface area contributed by atoms with Crippen LogP contribution in [0.1, 0.15) is 44.1 Å². The Labute approximate surface area is 127 Å². The summed E-state index contributed by atoms with van der Waals surface area (Å²) in [7, 11) is 3.95. The summed E-state index contributed by atoms with van der Waals surface area (Å²) >= 11 is 0. The third kappa shape index (κ3) is 2.54. The van der Waals surface area contributed by atoms with E-state index < -0.39 is 0 Å². The minimum absolute atomic E-state index is 0.426. The van der Waals surface area contributed by atoms with Crippen LogP contribution in [0.15, 0.2) is 12.4 Å². The lowest BCUT2D eigenvalue weighted by Crippen LogP contribution is -2.58. The molecule has 0 unspecified atom stereocenters. The third-order valence-corrected chi connectivity index (χ3v) is 5.80. The third-order valence-electron chi connectivity index (χ3n) is 5.80. The van der Waals surface area contributed by atoms with Crippen LogP contribution in [-0.2, 0) is 6.54 Å². The van der Waals surface area contributed by atoms with Crippen molar-refractivity contribution >= 4 is 5.95 Å². The molecular formula is C17H26N4. The fourth-order valence-electron chi connectivity index (χ4n) is 5.29. The Morgan fingerprint density at radius 1 is 1.05 bits per heavy atom. The molecule has 1 aromatic rings. The lowest BCUT2D eigenvalue weighted by Gasteiger charge is -2.57. The highest BCUT2D eigenvalue weighted by Crippen LogP contribution is 2.55. The van der Waals surface area contributed by atoms with Crippen LogP contribution in [0.3, 0.4) is 0 Å². The van der Waals surface area contributed by atoms with Crippen LogP contribution in [0.25, 0.3) is 0 Å². The van der Waals surface area contributed by atoms with Crippen LogP contribution in [0.5, 0.6) is 0 Å². The van der Waals surface area contributed by atoms with E-state index >= 15 is 0 Å². The summed E-state index contributed by atoms with van der Waals surface area (Å²) in [6, 6.07) is 0. The standard InChI is InChI=1S/C17H26N4/c1-21(2)16-18-9-15(10-19-16)11-20-17-6-12-3-13(7-17)5-14(4-12)8-17/h9-10,12-14,20H,3-8,11H2,1-2H3. The Hall–Kier alpha value is -1.16. The van der Waals surface area contributed by atoms with E-state index in [9.17, 15) is 0 Å². The number of aromatic nitrogens is 2. The van der Waals surface area contributed by atoms with E-state index in [2.05, 4.69) is 15.3 Å². The molecule has 4 heteroatoms. The molecule has 5 rings (SSSR count). The summed E-state index contributed by atoms with van der Waals surface area (Å²) in [5.74, 6) is 3.77. The Morgan fingerprint density at radius 3 is 2.05 bits per heavy atom. The first-order chi connectivity index (χ1) is 10.1. The Kier molecular flexibility index (Phi) is 3.18. The molecule has 4 aliphatic rings. The number of nitrogens with zero attached hydrogens (tertiary/aromatic N) is 3. The smallest absolute Gasteiger partial charge is 0.224 e. The number of anilines is 1. The monoisotopic (exact) mass is 286 g/mol. The molecule has 0 amide bonds. The molecule has 4 fully saturated rings. The van der Waals surface area contributed by atoms with E-state index in [4.69, 9.17) is 0 Å². The van der Waals surface area contributed by atoms with Gasteiger partial charge >= 0.3 is 0 Å². The number of rotatable bonds is 4. The van der Waals surface area contributed by atoms with Gasteiger partial charge in [-0.25, -0.2) is 9.97 Å². The molecule has 1 heterocycles. The molecule has 0 aromatic carbocycles. The summed E-state index contributed by atoms with van der Waals surface area (Å²) in [4.78, 5) is 10.8. The fraction of sp³-hybridized carbons (Fsp3) is 0.765. The summed E-state index contributed by atoms with van der Waals surface area (Å²) in [5, 5.41) is 3.90. The van der Waals surface area contributed by atoms with Gasteiger partial charge in [0.05, 0.1) is 0 Å². The molecule has 0 spiro atoms. The summed E-state index contributed by atoms with van der Waals surface area (Å²) < 4.78 is 0. The van der Waals surface area contributed by atoms with E-state index in [1.807, 2.05) is 31.4 Å². The molecule has 21 heavy (non-hydrogen) atoms. The van der Waals surface area contributed by atoms with Gasteiger partial charge in [0.15, 0.2) is 0 Å². The van der Waals surface area contributed by atoms with E-state index in [1.54, 1.807) is 0 Å². The summed E-state index contributed by atoms with van der Waals surface area (Å²) in [5.41, 5.74) is 1.63. The molecule has 0 aliphatic heterocycles. The highest BCUT2D eigenvalue weighted by atomic mass is 15.2. The average Bonchev–Trinajstić information content (AvgIpc) is 2.44. The van der Waals surface area contributed by atoms with Crippen LogP contribution in [0, 0.1) is 17.8 Å². The van der Waals surface area contributed by atoms with Crippen LogP contribution in [-0.4, -0.2) is 29.6 Å². The van der Waals surface area contributed by atoms with Crippen molar-refractivity contribution in [3.63, 3.8) is 0 Å². The van der Waals surface area contributed by atoms with E-state index in [-0.39, 0.29) is 0 Å². The maximum atomic E-state index is 4.42. The van der Waals surface area contributed by atoms with Gasteiger partial charge in [-0.05, 0) is 56.3 Å². The van der Waals surface area contributed by atoms with Crippen molar-refractivity contribution in [3.05, 3.63) is 18.0 Å². The van der Waals surface area contributed by atoms with Crippen molar-refractivity contribution in [1.82, 2.24) is 15.3 Å². The topological polar surface area (TPSA) is 41.1 Å². The highest BCUT2D eigenvalue weighted by Gasteiger charge is 2.50. The van der Waals surface area contributed by atoms with Gasteiger partial charge < -0.3 is 10.2 Å². The molecule has 4 saturated carbocycles. The van der Waals surface area contributed by atoms with Crippen molar-refractivity contribution < 1.29 is 0 Å². The van der Waals surface area contributed by atoms with Crippen molar-refractivity contribution in [2.75, 3.05) is 19.0 Å².